The lowest BCUT2D eigenvalue weighted by Gasteiger charge is -2.32. The minimum Gasteiger partial charge on any atom is -0.394 e. The number of alkyl halides is 1. The van der Waals surface area contributed by atoms with Gasteiger partial charge < -0.3 is 20.1 Å². The van der Waals surface area contributed by atoms with Gasteiger partial charge in [-0.2, -0.15) is 5.01 Å². The molecular weight excluding hydrogens is 318 g/mol. The largest absolute Gasteiger partial charge is 0.394 e. The summed E-state index contributed by atoms with van der Waals surface area (Å²) < 4.78 is 5.34. The van der Waals surface area contributed by atoms with E-state index in [1.807, 2.05) is 6.92 Å². The van der Waals surface area contributed by atoms with Crippen LogP contribution in [-0.4, -0.2) is 81.4 Å². The van der Waals surface area contributed by atoms with Crippen LogP contribution in [0.5, 0.6) is 0 Å². The van der Waals surface area contributed by atoms with Gasteiger partial charge >= 0.3 is 6.03 Å². The molecule has 0 aliphatic carbocycles. The maximum atomic E-state index is 12.4. The Morgan fingerprint density at radius 1 is 1.32 bits per heavy atom. The molecule has 1 unspecified atom stereocenters. The maximum Gasteiger partial charge on any atom is 0.345 e. The van der Waals surface area contributed by atoms with Crippen LogP contribution in [0.4, 0.5) is 4.79 Å². The van der Waals surface area contributed by atoms with Crippen molar-refractivity contribution in [1.29, 1.82) is 0 Å². The Morgan fingerprint density at radius 3 is 2.45 bits per heavy atom. The van der Waals surface area contributed by atoms with E-state index in [9.17, 15) is 19.9 Å². The van der Waals surface area contributed by atoms with Gasteiger partial charge in [-0.15, -0.1) is 16.5 Å². The molecule has 3 N–H and O–H groups in total. The van der Waals surface area contributed by atoms with Gasteiger partial charge in [0.15, 0.2) is 6.23 Å². The van der Waals surface area contributed by atoms with Crippen LogP contribution in [0.3, 0.4) is 0 Å². The molecule has 1 rings (SSSR count). The van der Waals surface area contributed by atoms with Gasteiger partial charge in [-0.1, -0.05) is 13.3 Å². The molecule has 0 aromatic heterocycles. The number of hydrogen-bond donors (Lipinski definition) is 3. The fraction of sp³-hybridized carbons (Fsp3) is 0.917. The number of nitroso groups, excluding NO2 is 1. The van der Waals surface area contributed by atoms with Crippen LogP contribution in [0.1, 0.15) is 19.8 Å². The number of urea groups is 1. The van der Waals surface area contributed by atoms with Crippen LogP contribution in [-0.2, 0) is 4.74 Å². The number of amides is 2. The summed E-state index contributed by atoms with van der Waals surface area (Å²) in [6.45, 7) is 1.54. The van der Waals surface area contributed by atoms with Crippen molar-refractivity contribution in [1.82, 2.24) is 9.91 Å². The van der Waals surface area contributed by atoms with E-state index in [0.29, 0.717) is 11.4 Å². The van der Waals surface area contributed by atoms with Gasteiger partial charge in [-0.3, -0.25) is 4.90 Å². The zero-order chi connectivity index (χ0) is 16.7. The molecule has 0 aromatic rings. The van der Waals surface area contributed by atoms with Crippen molar-refractivity contribution < 1.29 is 24.9 Å². The van der Waals surface area contributed by atoms with E-state index in [4.69, 9.17) is 21.4 Å². The number of carbonyl (C=O) groups excluding carboxylic acids is 1. The standard InChI is InChI=1S/C12H22ClN3O6/c1-2-3-5-15(12(20)16(14-21)6-4-13)11-10(19)9(18)8(7-17)22-11/h8-11,17-19H,2-7H2,1H3/t8-,9-,10-,11?/m1/s1. The first kappa shape index (κ1) is 19.0. The van der Waals surface area contributed by atoms with Crippen molar-refractivity contribution in [3.8, 4) is 0 Å². The number of carbonyl (C=O) groups is 1. The van der Waals surface area contributed by atoms with E-state index < -0.39 is 37.2 Å². The summed E-state index contributed by atoms with van der Waals surface area (Å²) in [5.41, 5.74) is 0. The highest BCUT2D eigenvalue weighted by molar-refractivity contribution is 6.18. The summed E-state index contributed by atoms with van der Waals surface area (Å²) in [6.07, 6.45) is -3.50. The average molecular weight is 340 g/mol. The van der Waals surface area contributed by atoms with Crippen LogP contribution in [0.2, 0.25) is 0 Å². The lowest BCUT2D eigenvalue weighted by atomic mass is 10.1. The highest BCUT2D eigenvalue weighted by Gasteiger charge is 2.47. The van der Waals surface area contributed by atoms with Crippen LogP contribution < -0.4 is 0 Å². The molecule has 1 aliphatic heterocycles. The molecule has 1 fully saturated rings. The lowest BCUT2D eigenvalue weighted by Crippen LogP contribution is -2.51. The Bertz CT molecular complexity index is 375. The quantitative estimate of drug-likeness (QED) is 0.321. The second kappa shape index (κ2) is 9.21. The molecular formula is C12H22ClN3O6. The molecule has 1 aliphatic rings. The molecule has 4 atom stereocenters. The Balaban J connectivity index is 2.92. The third-order valence-electron chi connectivity index (χ3n) is 3.44. The first-order valence-electron chi connectivity index (χ1n) is 7.11. The van der Waals surface area contributed by atoms with E-state index in [2.05, 4.69) is 5.29 Å². The molecule has 0 saturated carbocycles. The van der Waals surface area contributed by atoms with Gasteiger partial charge in [0.25, 0.3) is 0 Å². The number of aliphatic hydroxyl groups is 3. The fourth-order valence-corrected chi connectivity index (χ4v) is 2.36. The van der Waals surface area contributed by atoms with E-state index in [-0.39, 0.29) is 19.0 Å². The monoisotopic (exact) mass is 339 g/mol. The minimum atomic E-state index is -1.39. The first-order chi connectivity index (χ1) is 10.5. The molecule has 2 amide bonds. The summed E-state index contributed by atoms with van der Waals surface area (Å²) in [6, 6.07) is -0.765. The number of rotatable bonds is 8. The molecule has 0 bridgehead atoms. The molecule has 128 valence electrons. The number of hydrogen-bond acceptors (Lipinski definition) is 7. The normalized spacial score (nSPS) is 27.7. The van der Waals surface area contributed by atoms with Crippen molar-refractivity contribution in [3.63, 3.8) is 0 Å². The van der Waals surface area contributed by atoms with Gasteiger partial charge in [0.1, 0.15) is 18.3 Å². The topological polar surface area (TPSA) is 123 Å². The van der Waals surface area contributed by atoms with Gasteiger partial charge in [-0.05, 0) is 6.42 Å². The molecule has 10 heteroatoms. The van der Waals surface area contributed by atoms with E-state index in [0.717, 1.165) is 11.3 Å². The van der Waals surface area contributed by atoms with Gasteiger partial charge in [0.2, 0.25) is 0 Å². The van der Waals surface area contributed by atoms with Crippen LogP contribution >= 0.6 is 11.6 Å². The van der Waals surface area contributed by atoms with Crippen molar-refractivity contribution in [2.24, 2.45) is 5.29 Å². The van der Waals surface area contributed by atoms with Crippen LogP contribution in [0.15, 0.2) is 5.29 Å². The van der Waals surface area contributed by atoms with E-state index >= 15 is 0 Å². The number of halogens is 1. The van der Waals surface area contributed by atoms with Crippen molar-refractivity contribution in [3.05, 3.63) is 4.91 Å². The van der Waals surface area contributed by atoms with Gasteiger partial charge in [0.05, 0.1) is 18.4 Å². The fourth-order valence-electron chi connectivity index (χ4n) is 2.20. The summed E-state index contributed by atoms with van der Waals surface area (Å²) in [4.78, 5) is 24.3. The molecule has 1 heterocycles. The lowest BCUT2D eigenvalue weighted by molar-refractivity contribution is -0.0836. The van der Waals surface area contributed by atoms with Gasteiger partial charge in [-0.25, -0.2) is 4.79 Å². The molecule has 1 saturated heterocycles. The Hall–Kier alpha value is -1.00. The molecule has 0 radical (unpaired) electrons. The van der Waals surface area contributed by atoms with Gasteiger partial charge in [0, 0.05) is 12.4 Å². The number of aliphatic hydroxyl groups excluding tert-OH is 3. The van der Waals surface area contributed by atoms with E-state index in [1.54, 1.807) is 0 Å². The zero-order valence-corrected chi connectivity index (χ0v) is 13.1. The number of unbranched alkanes of at least 4 members (excludes halogenated alkanes) is 1. The SMILES string of the molecule is CCCCN(C(=O)N(CCCl)N=O)C1O[C@H](CO)[C@@H](O)[C@H]1O. The molecule has 0 spiro atoms. The smallest absolute Gasteiger partial charge is 0.345 e. The first-order valence-corrected chi connectivity index (χ1v) is 7.65. The second-order valence-electron chi connectivity index (χ2n) is 4.95. The van der Waals surface area contributed by atoms with Crippen LogP contribution in [0.25, 0.3) is 0 Å². The minimum absolute atomic E-state index is 0.0229. The Kier molecular flexibility index (Phi) is 7.97. The average Bonchev–Trinajstić information content (AvgIpc) is 2.81. The van der Waals surface area contributed by atoms with Crippen molar-refractivity contribution in [2.75, 3.05) is 25.6 Å². The Morgan fingerprint density at radius 2 is 2.00 bits per heavy atom. The predicted octanol–water partition coefficient (Wildman–Crippen LogP) is -0.130. The van der Waals surface area contributed by atoms with E-state index in [1.165, 1.54) is 0 Å². The summed E-state index contributed by atoms with van der Waals surface area (Å²) >= 11 is 5.52. The summed E-state index contributed by atoms with van der Waals surface area (Å²) in [5.74, 6) is 0.0229. The third-order valence-corrected chi connectivity index (χ3v) is 3.61. The molecule has 22 heavy (non-hydrogen) atoms. The van der Waals surface area contributed by atoms with Crippen molar-refractivity contribution >= 4 is 17.6 Å². The molecule has 9 nitrogen and oxygen atoms in total. The maximum absolute atomic E-state index is 12.4. The summed E-state index contributed by atoms with van der Waals surface area (Å²) in [7, 11) is 0. The second-order valence-corrected chi connectivity index (χ2v) is 5.33. The number of ether oxygens (including phenoxy) is 1. The predicted molar refractivity (Wildman–Crippen MR) is 78.0 cm³/mol. The van der Waals surface area contributed by atoms with Crippen LogP contribution in [0, 0.1) is 4.91 Å². The third kappa shape index (κ3) is 4.26. The zero-order valence-electron chi connectivity index (χ0n) is 12.3. The Labute approximate surface area is 133 Å². The highest BCUT2D eigenvalue weighted by atomic mass is 35.5. The highest BCUT2D eigenvalue weighted by Crippen LogP contribution is 2.25. The number of nitrogens with zero attached hydrogens (tertiary/aromatic N) is 3. The summed E-state index contributed by atoms with van der Waals surface area (Å²) in [5, 5.41) is 32.2. The molecule has 0 aromatic carbocycles. The van der Waals surface area contributed by atoms with Crippen molar-refractivity contribution in [2.45, 2.75) is 44.3 Å².